The van der Waals surface area contributed by atoms with Crippen molar-refractivity contribution in [2.45, 2.75) is 69.3 Å². The van der Waals surface area contributed by atoms with Gasteiger partial charge in [-0.05, 0) is 52.6 Å². The zero-order valence-electron chi connectivity index (χ0n) is 11.4. The maximum Gasteiger partial charge on any atom is 0.106 e. The van der Waals surface area contributed by atoms with Crippen molar-refractivity contribution >= 4 is 12.6 Å². The highest BCUT2D eigenvalue weighted by molar-refractivity contribution is 7.81. The summed E-state index contributed by atoms with van der Waals surface area (Å²) in [5, 5.41) is 0. The third-order valence-corrected chi connectivity index (χ3v) is 4.03. The molecule has 2 fully saturated rings. The first-order valence-corrected chi connectivity index (χ1v) is 7.59. The minimum atomic E-state index is -0.308. The molecule has 3 heteroatoms. The molecule has 1 heterocycles. The smallest absolute Gasteiger partial charge is 0.106 e. The predicted octanol–water partition coefficient (Wildman–Crippen LogP) is 3.47. The third kappa shape index (κ3) is 4.15. The Morgan fingerprint density at radius 3 is 2.18 bits per heavy atom. The van der Waals surface area contributed by atoms with Gasteiger partial charge in [-0.2, -0.15) is 0 Å². The molecule has 0 N–H and O–H groups in total. The van der Waals surface area contributed by atoms with Crippen LogP contribution in [0.3, 0.4) is 0 Å². The number of thiol groups is 1. The van der Waals surface area contributed by atoms with E-state index in [1.165, 1.54) is 58.0 Å². The van der Waals surface area contributed by atoms with Gasteiger partial charge in [-0.15, -0.1) is 12.6 Å². The molecule has 2 nitrogen and oxygen atoms in total. The van der Waals surface area contributed by atoms with E-state index in [0.717, 1.165) is 6.54 Å². The molecular weight excluding hydrogens is 230 g/mol. The molecule has 0 amide bonds. The Kier molecular flexibility index (Phi) is 4.43. The van der Waals surface area contributed by atoms with Gasteiger partial charge < -0.3 is 9.64 Å². The van der Waals surface area contributed by atoms with Crippen molar-refractivity contribution in [1.29, 1.82) is 0 Å². The Balaban J connectivity index is 2.00. The van der Waals surface area contributed by atoms with Crippen molar-refractivity contribution in [3.8, 4) is 0 Å². The van der Waals surface area contributed by atoms with E-state index in [1.807, 2.05) is 0 Å². The van der Waals surface area contributed by atoms with Gasteiger partial charge in [0, 0.05) is 6.54 Å². The van der Waals surface area contributed by atoms with Crippen LogP contribution in [0.2, 0.25) is 0 Å². The third-order valence-electron chi connectivity index (χ3n) is 3.94. The highest BCUT2D eigenvalue weighted by Crippen LogP contribution is 2.37. The Bertz CT molecular complexity index is 237. The molecule has 0 radical (unpaired) electrons. The van der Waals surface area contributed by atoms with Crippen LogP contribution in [0.4, 0.5) is 0 Å². The van der Waals surface area contributed by atoms with E-state index in [2.05, 4.69) is 31.4 Å². The highest BCUT2D eigenvalue weighted by atomic mass is 32.1. The van der Waals surface area contributed by atoms with Crippen molar-refractivity contribution in [2.75, 3.05) is 19.6 Å². The fourth-order valence-corrected chi connectivity index (χ4v) is 3.56. The van der Waals surface area contributed by atoms with Crippen LogP contribution >= 0.6 is 12.6 Å². The molecule has 0 unspecified atom stereocenters. The average Bonchev–Trinajstić information content (AvgIpc) is 2.68. The maximum absolute atomic E-state index is 6.35. The van der Waals surface area contributed by atoms with Gasteiger partial charge in [-0.1, -0.05) is 19.3 Å². The van der Waals surface area contributed by atoms with Crippen molar-refractivity contribution in [1.82, 2.24) is 4.90 Å². The standard InChI is InChI=1S/C14H27NOS/c1-13(2,17)16-14(8-4-3-5-9-14)12-15-10-6-7-11-15/h17H,3-12H2,1-2H3. The van der Waals surface area contributed by atoms with E-state index in [4.69, 9.17) is 4.74 Å². The molecule has 0 aromatic rings. The molecule has 2 rings (SSSR count). The second-order valence-electron chi connectivity index (χ2n) is 6.28. The van der Waals surface area contributed by atoms with Crippen LogP contribution in [-0.4, -0.2) is 35.1 Å². The number of hydrogen-bond donors (Lipinski definition) is 1. The molecule has 1 saturated heterocycles. The number of nitrogens with zero attached hydrogens (tertiary/aromatic N) is 1. The summed E-state index contributed by atoms with van der Waals surface area (Å²) in [6, 6.07) is 0. The normalized spacial score (nSPS) is 26.3. The summed E-state index contributed by atoms with van der Waals surface area (Å²) < 4.78 is 6.35. The number of likely N-dealkylation sites (tertiary alicyclic amines) is 1. The van der Waals surface area contributed by atoms with Crippen LogP contribution in [-0.2, 0) is 4.74 Å². The second kappa shape index (κ2) is 5.50. The molecule has 0 bridgehead atoms. The molecule has 0 atom stereocenters. The van der Waals surface area contributed by atoms with Gasteiger partial charge in [0.25, 0.3) is 0 Å². The first-order valence-electron chi connectivity index (χ1n) is 7.14. The second-order valence-corrected chi connectivity index (χ2v) is 7.35. The van der Waals surface area contributed by atoms with Gasteiger partial charge in [-0.3, -0.25) is 0 Å². The number of hydrogen-bond acceptors (Lipinski definition) is 3. The molecule has 1 aliphatic carbocycles. The van der Waals surface area contributed by atoms with E-state index in [1.54, 1.807) is 0 Å². The van der Waals surface area contributed by atoms with Crippen LogP contribution in [0.25, 0.3) is 0 Å². The molecular formula is C14H27NOS. The van der Waals surface area contributed by atoms with E-state index >= 15 is 0 Å². The van der Waals surface area contributed by atoms with E-state index in [0.29, 0.717) is 0 Å². The molecule has 100 valence electrons. The topological polar surface area (TPSA) is 12.5 Å². The predicted molar refractivity (Wildman–Crippen MR) is 75.6 cm³/mol. The van der Waals surface area contributed by atoms with Gasteiger partial charge in [0.1, 0.15) is 4.93 Å². The highest BCUT2D eigenvalue weighted by Gasteiger charge is 2.38. The summed E-state index contributed by atoms with van der Waals surface area (Å²) in [5.74, 6) is 0. The monoisotopic (exact) mass is 257 g/mol. The summed E-state index contributed by atoms with van der Waals surface area (Å²) in [6.45, 7) is 7.78. The van der Waals surface area contributed by atoms with Gasteiger partial charge in [0.2, 0.25) is 0 Å². The minimum Gasteiger partial charge on any atom is -0.357 e. The Hall–Kier alpha value is 0.270. The summed E-state index contributed by atoms with van der Waals surface area (Å²) >= 11 is 4.57. The van der Waals surface area contributed by atoms with Crippen LogP contribution in [0.1, 0.15) is 58.8 Å². The SMILES string of the molecule is CC(C)(S)OC1(CN2CCCC2)CCCCC1. The first-order chi connectivity index (χ1) is 7.99. The van der Waals surface area contributed by atoms with Gasteiger partial charge in [-0.25, -0.2) is 0 Å². The number of rotatable bonds is 4. The lowest BCUT2D eigenvalue weighted by Gasteiger charge is -2.43. The van der Waals surface area contributed by atoms with Gasteiger partial charge in [0.05, 0.1) is 5.60 Å². The quantitative estimate of drug-likeness (QED) is 0.611. The summed E-state index contributed by atoms with van der Waals surface area (Å²) in [4.78, 5) is 2.28. The van der Waals surface area contributed by atoms with E-state index < -0.39 is 0 Å². The van der Waals surface area contributed by atoms with Crippen molar-refractivity contribution in [3.63, 3.8) is 0 Å². The van der Waals surface area contributed by atoms with Crippen molar-refractivity contribution in [3.05, 3.63) is 0 Å². The van der Waals surface area contributed by atoms with E-state index in [9.17, 15) is 0 Å². The molecule has 0 spiro atoms. The largest absolute Gasteiger partial charge is 0.357 e. The Labute approximate surface area is 112 Å². The fraction of sp³-hybridized carbons (Fsp3) is 1.00. The Morgan fingerprint density at radius 1 is 1.06 bits per heavy atom. The first kappa shape index (κ1) is 13.7. The molecule has 1 aliphatic heterocycles. The molecule has 0 aromatic heterocycles. The Morgan fingerprint density at radius 2 is 1.65 bits per heavy atom. The van der Waals surface area contributed by atoms with E-state index in [-0.39, 0.29) is 10.5 Å². The fourth-order valence-electron chi connectivity index (χ4n) is 3.37. The lowest BCUT2D eigenvalue weighted by atomic mass is 9.84. The van der Waals surface area contributed by atoms with Gasteiger partial charge >= 0.3 is 0 Å². The molecule has 1 saturated carbocycles. The molecule has 2 aliphatic rings. The van der Waals surface area contributed by atoms with Crippen molar-refractivity contribution in [2.24, 2.45) is 0 Å². The zero-order valence-corrected chi connectivity index (χ0v) is 12.3. The molecule has 17 heavy (non-hydrogen) atoms. The average molecular weight is 257 g/mol. The maximum atomic E-state index is 6.35. The summed E-state index contributed by atoms with van der Waals surface area (Å²) in [5.41, 5.74) is 0.0772. The van der Waals surface area contributed by atoms with Crippen LogP contribution in [0.5, 0.6) is 0 Å². The minimum absolute atomic E-state index is 0.0772. The van der Waals surface area contributed by atoms with Crippen molar-refractivity contribution < 1.29 is 4.74 Å². The van der Waals surface area contributed by atoms with Crippen LogP contribution in [0, 0.1) is 0 Å². The summed E-state index contributed by atoms with van der Waals surface area (Å²) in [7, 11) is 0. The molecule has 0 aromatic carbocycles. The number of ether oxygens (including phenoxy) is 1. The zero-order chi connectivity index (χ0) is 12.4. The lowest BCUT2D eigenvalue weighted by Crippen LogP contribution is -2.49. The van der Waals surface area contributed by atoms with Crippen LogP contribution < -0.4 is 0 Å². The summed E-state index contributed by atoms with van der Waals surface area (Å²) in [6.07, 6.45) is 9.16. The lowest BCUT2D eigenvalue weighted by molar-refractivity contribution is -0.127. The van der Waals surface area contributed by atoms with Gasteiger partial charge in [0.15, 0.2) is 0 Å². The van der Waals surface area contributed by atoms with Crippen LogP contribution in [0.15, 0.2) is 0 Å².